The second-order valence-corrected chi connectivity index (χ2v) is 15.3. The average molecular weight is 759 g/mol. The molecule has 0 fully saturated rings. The minimum Gasteiger partial charge on any atom is -0.462 e. The van der Waals surface area contributed by atoms with Crippen LogP contribution in [0.15, 0.2) is 36.5 Å². The lowest BCUT2D eigenvalue weighted by molar-refractivity contribution is -0.167. The Bertz CT molecular complexity index is 922. The maximum absolute atomic E-state index is 12.6. The van der Waals surface area contributed by atoms with Crippen LogP contribution in [0.2, 0.25) is 0 Å². The number of allylic oxidation sites excluding steroid dienone is 6. The third-order valence-corrected chi connectivity index (χ3v) is 9.87. The van der Waals surface area contributed by atoms with Crippen molar-refractivity contribution < 1.29 is 28.6 Å². The van der Waals surface area contributed by atoms with E-state index >= 15 is 0 Å². The Morgan fingerprint density at radius 1 is 0.370 bits per heavy atom. The molecular formula is C48H86O6. The van der Waals surface area contributed by atoms with Gasteiger partial charge >= 0.3 is 17.9 Å². The first kappa shape index (κ1) is 51.6. The lowest BCUT2D eigenvalue weighted by Gasteiger charge is -2.18. The Hall–Kier alpha value is -2.37. The fraction of sp³-hybridized carbons (Fsp3) is 0.812. The molecule has 0 aromatic heterocycles. The lowest BCUT2D eigenvalue weighted by Crippen LogP contribution is -2.30. The SMILES string of the molecule is CCCCC/C=C\C/C=C\CCCCCCCCCCCC(=O)OCC(COC(=O)CCCCCCC)OC(=O)CCCCCCC/C=C\CCCCC. The molecule has 0 N–H and O–H groups in total. The predicted octanol–water partition coefficient (Wildman–Crippen LogP) is 14.6. The number of hydrogen-bond acceptors (Lipinski definition) is 6. The summed E-state index contributed by atoms with van der Waals surface area (Å²) < 4.78 is 16.6. The normalized spacial score (nSPS) is 12.3. The largest absolute Gasteiger partial charge is 0.462 e. The van der Waals surface area contributed by atoms with Crippen LogP contribution >= 0.6 is 0 Å². The summed E-state index contributed by atoms with van der Waals surface area (Å²) in [6.45, 7) is 6.49. The van der Waals surface area contributed by atoms with Crippen molar-refractivity contribution in [2.24, 2.45) is 0 Å². The zero-order valence-electron chi connectivity index (χ0n) is 35.7. The smallest absolute Gasteiger partial charge is 0.306 e. The quantitative estimate of drug-likeness (QED) is 0.0267. The van der Waals surface area contributed by atoms with Gasteiger partial charge in [-0.3, -0.25) is 14.4 Å². The average Bonchev–Trinajstić information content (AvgIpc) is 3.17. The van der Waals surface area contributed by atoms with Crippen LogP contribution in [0.1, 0.15) is 233 Å². The second-order valence-electron chi connectivity index (χ2n) is 15.3. The van der Waals surface area contributed by atoms with Crippen LogP contribution in [-0.4, -0.2) is 37.2 Å². The molecule has 0 spiro atoms. The molecule has 0 saturated heterocycles. The van der Waals surface area contributed by atoms with Crippen LogP contribution in [0.3, 0.4) is 0 Å². The molecule has 0 heterocycles. The fourth-order valence-electron chi connectivity index (χ4n) is 6.35. The Labute approximate surface area is 334 Å². The highest BCUT2D eigenvalue weighted by atomic mass is 16.6. The van der Waals surface area contributed by atoms with Gasteiger partial charge in [0.25, 0.3) is 0 Å². The number of rotatable bonds is 41. The van der Waals surface area contributed by atoms with Gasteiger partial charge in [0.15, 0.2) is 6.10 Å². The summed E-state index contributed by atoms with van der Waals surface area (Å²) in [5.74, 6) is -0.903. The summed E-state index contributed by atoms with van der Waals surface area (Å²) in [7, 11) is 0. The molecule has 0 bridgehead atoms. The molecule has 314 valence electrons. The van der Waals surface area contributed by atoms with Crippen molar-refractivity contribution in [1.82, 2.24) is 0 Å². The summed E-state index contributed by atoms with van der Waals surface area (Å²) in [6.07, 6.45) is 48.7. The van der Waals surface area contributed by atoms with E-state index in [1.54, 1.807) is 0 Å². The third kappa shape index (κ3) is 40.8. The molecule has 1 atom stereocenters. The highest BCUT2D eigenvalue weighted by Crippen LogP contribution is 2.14. The number of unbranched alkanes of at least 4 members (excludes halogenated alkanes) is 24. The molecule has 0 radical (unpaired) electrons. The van der Waals surface area contributed by atoms with E-state index in [1.807, 2.05) is 0 Å². The molecular weight excluding hydrogens is 673 g/mol. The summed E-state index contributed by atoms with van der Waals surface area (Å²) in [5, 5.41) is 0. The third-order valence-electron chi connectivity index (χ3n) is 9.87. The van der Waals surface area contributed by atoms with Gasteiger partial charge in [0, 0.05) is 19.3 Å². The maximum atomic E-state index is 12.6. The van der Waals surface area contributed by atoms with Gasteiger partial charge in [0.05, 0.1) is 0 Å². The standard InChI is InChI=1S/C48H86O6/c1-4-7-10-13-15-17-19-21-22-23-24-25-26-27-29-30-32-35-38-41-47(50)53-44-45(43-52-46(49)40-37-34-12-9-6-3)54-48(51)42-39-36-33-31-28-20-18-16-14-11-8-5-2/h15-18,21-22,45H,4-14,19-20,23-44H2,1-3H3/b17-15-,18-16-,22-21-. The van der Waals surface area contributed by atoms with Crippen molar-refractivity contribution in [3.63, 3.8) is 0 Å². The first-order valence-corrected chi connectivity index (χ1v) is 23.0. The van der Waals surface area contributed by atoms with Crippen LogP contribution < -0.4 is 0 Å². The summed E-state index contributed by atoms with van der Waals surface area (Å²) in [6, 6.07) is 0. The number of ether oxygens (including phenoxy) is 3. The molecule has 0 rings (SSSR count). The Morgan fingerprint density at radius 3 is 1.07 bits per heavy atom. The Morgan fingerprint density at radius 2 is 0.667 bits per heavy atom. The van der Waals surface area contributed by atoms with E-state index in [9.17, 15) is 14.4 Å². The molecule has 0 aliphatic rings. The van der Waals surface area contributed by atoms with Gasteiger partial charge in [0.1, 0.15) is 13.2 Å². The molecule has 6 heteroatoms. The van der Waals surface area contributed by atoms with E-state index in [0.717, 1.165) is 83.5 Å². The van der Waals surface area contributed by atoms with Gasteiger partial charge in [-0.25, -0.2) is 0 Å². The van der Waals surface area contributed by atoms with Crippen molar-refractivity contribution >= 4 is 17.9 Å². The lowest BCUT2D eigenvalue weighted by atomic mass is 10.1. The first-order chi connectivity index (χ1) is 26.5. The van der Waals surface area contributed by atoms with E-state index in [4.69, 9.17) is 14.2 Å². The van der Waals surface area contributed by atoms with E-state index in [2.05, 4.69) is 57.2 Å². The molecule has 0 aromatic rings. The fourth-order valence-corrected chi connectivity index (χ4v) is 6.35. The van der Waals surface area contributed by atoms with Crippen LogP contribution in [-0.2, 0) is 28.6 Å². The molecule has 0 saturated carbocycles. The summed E-state index contributed by atoms with van der Waals surface area (Å²) >= 11 is 0. The monoisotopic (exact) mass is 759 g/mol. The van der Waals surface area contributed by atoms with Crippen LogP contribution in [0.5, 0.6) is 0 Å². The maximum Gasteiger partial charge on any atom is 0.306 e. The molecule has 0 aromatic carbocycles. The minimum absolute atomic E-state index is 0.0771. The van der Waals surface area contributed by atoms with Gasteiger partial charge < -0.3 is 14.2 Å². The predicted molar refractivity (Wildman–Crippen MR) is 229 cm³/mol. The number of hydrogen-bond donors (Lipinski definition) is 0. The Kier molecular flexibility index (Phi) is 41.5. The number of esters is 3. The van der Waals surface area contributed by atoms with Crippen LogP contribution in [0, 0.1) is 0 Å². The molecule has 1 unspecified atom stereocenters. The van der Waals surface area contributed by atoms with Crippen molar-refractivity contribution in [3.8, 4) is 0 Å². The van der Waals surface area contributed by atoms with Gasteiger partial charge in [0.2, 0.25) is 0 Å². The molecule has 0 amide bonds. The van der Waals surface area contributed by atoms with Crippen molar-refractivity contribution in [2.75, 3.05) is 13.2 Å². The van der Waals surface area contributed by atoms with Crippen LogP contribution in [0.4, 0.5) is 0 Å². The highest BCUT2D eigenvalue weighted by Gasteiger charge is 2.19. The van der Waals surface area contributed by atoms with Gasteiger partial charge in [-0.05, 0) is 77.0 Å². The van der Waals surface area contributed by atoms with E-state index in [1.165, 1.54) is 109 Å². The second kappa shape index (κ2) is 43.4. The van der Waals surface area contributed by atoms with Crippen molar-refractivity contribution in [1.29, 1.82) is 0 Å². The van der Waals surface area contributed by atoms with Crippen LogP contribution in [0.25, 0.3) is 0 Å². The van der Waals surface area contributed by atoms with Crippen molar-refractivity contribution in [3.05, 3.63) is 36.5 Å². The van der Waals surface area contributed by atoms with E-state index in [-0.39, 0.29) is 31.1 Å². The highest BCUT2D eigenvalue weighted by molar-refractivity contribution is 5.71. The molecule has 0 aliphatic carbocycles. The zero-order valence-corrected chi connectivity index (χ0v) is 35.7. The Balaban J connectivity index is 4.18. The molecule has 0 aliphatic heterocycles. The number of carbonyl (C=O) groups is 3. The van der Waals surface area contributed by atoms with Gasteiger partial charge in [-0.1, -0.05) is 173 Å². The topological polar surface area (TPSA) is 78.9 Å². The van der Waals surface area contributed by atoms with E-state index in [0.29, 0.717) is 19.3 Å². The number of carbonyl (C=O) groups excluding carboxylic acids is 3. The molecule has 6 nitrogen and oxygen atoms in total. The van der Waals surface area contributed by atoms with Crippen molar-refractivity contribution in [2.45, 2.75) is 239 Å². The molecule has 54 heavy (non-hydrogen) atoms. The summed E-state index contributed by atoms with van der Waals surface area (Å²) in [4.78, 5) is 37.5. The van der Waals surface area contributed by atoms with E-state index < -0.39 is 6.10 Å². The summed E-state index contributed by atoms with van der Waals surface area (Å²) in [5.41, 5.74) is 0. The zero-order chi connectivity index (χ0) is 39.4. The van der Waals surface area contributed by atoms with Gasteiger partial charge in [-0.15, -0.1) is 0 Å². The minimum atomic E-state index is -0.770. The first-order valence-electron chi connectivity index (χ1n) is 23.0. The van der Waals surface area contributed by atoms with Gasteiger partial charge in [-0.2, -0.15) is 0 Å².